The van der Waals surface area contributed by atoms with Gasteiger partial charge in [-0.2, -0.15) is 13.2 Å². The van der Waals surface area contributed by atoms with Crippen LogP contribution in [0.25, 0.3) is 10.9 Å². The second-order valence-corrected chi connectivity index (χ2v) is 10.1. The Morgan fingerprint density at radius 2 is 1.77 bits per heavy atom. The number of hydrogen-bond donors (Lipinski definition) is 2. The molecule has 0 unspecified atom stereocenters. The Balaban J connectivity index is 1.30. The summed E-state index contributed by atoms with van der Waals surface area (Å²) in [4.78, 5) is 36.4. The van der Waals surface area contributed by atoms with Crippen LogP contribution >= 0.6 is 0 Å². The number of ether oxygens (including phenoxy) is 3. The van der Waals surface area contributed by atoms with E-state index >= 15 is 0 Å². The SMILES string of the molecule is COCCOc1cc2ncnc(NC3=CC(=O)C(N4CCC(O)(c5cccc(C(F)(F)F)c5)CC4)=CC3=O)c2cc1OC. The number of anilines is 1. The van der Waals surface area contributed by atoms with Crippen molar-refractivity contribution in [3.8, 4) is 11.5 Å². The van der Waals surface area contributed by atoms with Gasteiger partial charge in [0.25, 0.3) is 0 Å². The molecule has 2 heterocycles. The number of alkyl halides is 3. The first kappa shape index (κ1) is 30.0. The number of piperidine rings is 1. The van der Waals surface area contributed by atoms with Crippen LogP contribution < -0.4 is 14.8 Å². The second kappa shape index (κ2) is 12.0. The van der Waals surface area contributed by atoms with Gasteiger partial charge in [-0.3, -0.25) is 9.59 Å². The summed E-state index contributed by atoms with van der Waals surface area (Å²) in [6.45, 7) is 1.01. The lowest BCUT2D eigenvalue weighted by Gasteiger charge is -2.40. The highest BCUT2D eigenvalue weighted by atomic mass is 19.4. The van der Waals surface area contributed by atoms with Crippen LogP contribution in [-0.4, -0.2) is 72.1 Å². The Morgan fingerprint density at radius 3 is 2.47 bits per heavy atom. The molecule has 43 heavy (non-hydrogen) atoms. The van der Waals surface area contributed by atoms with Crippen molar-refractivity contribution in [3.63, 3.8) is 0 Å². The first-order chi connectivity index (χ1) is 20.5. The minimum atomic E-state index is -4.53. The molecule has 0 radical (unpaired) electrons. The van der Waals surface area contributed by atoms with Gasteiger partial charge in [-0.1, -0.05) is 12.1 Å². The third kappa shape index (κ3) is 6.32. The van der Waals surface area contributed by atoms with Crippen LogP contribution in [0.1, 0.15) is 24.0 Å². The van der Waals surface area contributed by atoms with Crippen molar-refractivity contribution >= 4 is 28.3 Å². The van der Waals surface area contributed by atoms with Crippen LogP contribution in [0.4, 0.5) is 19.0 Å². The molecule has 1 aliphatic carbocycles. The number of fused-ring (bicyclic) bond motifs is 1. The molecule has 1 aliphatic heterocycles. The topological polar surface area (TPSA) is 123 Å². The Bertz CT molecular complexity index is 1610. The lowest BCUT2D eigenvalue weighted by molar-refractivity contribution is -0.137. The number of benzene rings is 2. The summed E-state index contributed by atoms with van der Waals surface area (Å²) in [6.07, 6.45) is -0.672. The first-order valence-electron chi connectivity index (χ1n) is 13.4. The largest absolute Gasteiger partial charge is 0.493 e. The number of rotatable bonds is 9. The maximum absolute atomic E-state index is 13.2. The predicted molar refractivity (Wildman–Crippen MR) is 149 cm³/mol. The summed E-state index contributed by atoms with van der Waals surface area (Å²) in [7, 11) is 3.05. The van der Waals surface area contributed by atoms with E-state index in [1.165, 1.54) is 37.7 Å². The van der Waals surface area contributed by atoms with Crippen molar-refractivity contribution in [1.29, 1.82) is 0 Å². The lowest BCUT2D eigenvalue weighted by atomic mass is 9.83. The molecule has 0 spiro atoms. The Kier molecular flexibility index (Phi) is 8.38. The van der Waals surface area contributed by atoms with Gasteiger partial charge in [0.1, 0.15) is 18.8 Å². The fourth-order valence-corrected chi connectivity index (χ4v) is 5.08. The minimum Gasteiger partial charge on any atom is -0.493 e. The lowest BCUT2D eigenvalue weighted by Crippen LogP contribution is -2.44. The van der Waals surface area contributed by atoms with Gasteiger partial charge in [-0.25, -0.2) is 9.97 Å². The fraction of sp³-hybridized carbons (Fsp3) is 0.333. The number of nitrogens with one attached hydrogen (secondary N) is 1. The molecule has 10 nitrogen and oxygen atoms in total. The van der Waals surface area contributed by atoms with Gasteiger partial charge in [-0.15, -0.1) is 0 Å². The van der Waals surface area contributed by atoms with E-state index in [2.05, 4.69) is 15.3 Å². The van der Waals surface area contributed by atoms with Gasteiger partial charge in [0.05, 0.1) is 41.8 Å². The van der Waals surface area contributed by atoms with Crippen LogP contribution in [0.5, 0.6) is 11.5 Å². The first-order valence-corrected chi connectivity index (χ1v) is 13.4. The summed E-state index contributed by atoms with van der Waals surface area (Å²) in [5.74, 6) is 0.246. The zero-order valence-electron chi connectivity index (χ0n) is 23.4. The van der Waals surface area contributed by atoms with Gasteiger partial charge in [0, 0.05) is 43.8 Å². The number of methoxy groups -OCH3 is 2. The van der Waals surface area contributed by atoms with E-state index in [0.717, 1.165) is 12.1 Å². The third-order valence-corrected chi connectivity index (χ3v) is 7.44. The molecule has 5 rings (SSSR count). The summed E-state index contributed by atoms with van der Waals surface area (Å²) >= 11 is 0. The average molecular weight is 599 g/mol. The van der Waals surface area contributed by atoms with Gasteiger partial charge in [0.15, 0.2) is 11.5 Å². The van der Waals surface area contributed by atoms with E-state index in [9.17, 15) is 27.9 Å². The highest BCUT2D eigenvalue weighted by Gasteiger charge is 2.38. The van der Waals surface area contributed by atoms with Gasteiger partial charge in [-0.05, 0) is 36.6 Å². The van der Waals surface area contributed by atoms with E-state index in [4.69, 9.17) is 14.2 Å². The van der Waals surface area contributed by atoms with E-state index in [1.807, 2.05) is 0 Å². The number of carbonyl (C=O) groups excluding carboxylic acids is 2. The van der Waals surface area contributed by atoms with Crippen molar-refractivity contribution < 1.29 is 42.1 Å². The maximum Gasteiger partial charge on any atom is 0.416 e. The number of ketones is 2. The monoisotopic (exact) mass is 598 g/mol. The average Bonchev–Trinajstić information content (AvgIpc) is 2.99. The van der Waals surface area contributed by atoms with E-state index in [-0.39, 0.29) is 48.7 Å². The molecule has 226 valence electrons. The molecule has 2 aromatic carbocycles. The second-order valence-electron chi connectivity index (χ2n) is 10.1. The van der Waals surface area contributed by atoms with E-state index in [0.29, 0.717) is 35.6 Å². The predicted octanol–water partition coefficient (Wildman–Crippen LogP) is 4.00. The molecule has 0 atom stereocenters. The molecule has 1 fully saturated rings. The van der Waals surface area contributed by atoms with Crippen LogP contribution in [-0.2, 0) is 26.1 Å². The number of hydrogen-bond acceptors (Lipinski definition) is 10. The molecule has 0 bridgehead atoms. The summed E-state index contributed by atoms with van der Waals surface area (Å²) in [5.41, 5.74) is -1.51. The highest BCUT2D eigenvalue weighted by Crippen LogP contribution is 2.38. The van der Waals surface area contributed by atoms with Crippen LogP contribution in [0.2, 0.25) is 0 Å². The Labute approximate surface area is 244 Å². The highest BCUT2D eigenvalue weighted by molar-refractivity contribution is 6.21. The van der Waals surface area contributed by atoms with Crippen molar-refractivity contribution in [2.75, 3.05) is 45.8 Å². The molecule has 1 saturated heterocycles. The maximum atomic E-state index is 13.2. The summed E-state index contributed by atoms with van der Waals surface area (Å²) < 4.78 is 55.8. The molecular formula is C30H29F3N4O6. The Hall–Kier alpha value is -4.49. The van der Waals surface area contributed by atoms with Crippen molar-refractivity contribution in [3.05, 3.63) is 77.4 Å². The van der Waals surface area contributed by atoms with E-state index < -0.39 is 28.9 Å². The molecular weight excluding hydrogens is 569 g/mol. The molecule has 0 saturated carbocycles. The molecule has 0 amide bonds. The van der Waals surface area contributed by atoms with Crippen LogP contribution in [0.3, 0.4) is 0 Å². The van der Waals surface area contributed by atoms with Crippen molar-refractivity contribution in [1.82, 2.24) is 14.9 Å². The molecule has 3 aromatic rings. The number of aliphatic hydroxyl groups is 1. The minimum absolute atomic E-state index is 0.00520. The van der Waals surface area contributed by atoms with Gasteiger partial charge < -0.3 is 29.5 Å². The number of likely N-dealkylation sites (tertiary alicyclic amines) is 1. The number of allylic oxidation sites excluding steroid dienone is 2. The molecule has 13 heteroatoms. The summed E-state index contributed by atoms with van der Waals surface area (Å²) in [6, 6.07) is 7.96. The summed E-state index contributed by atoms with van der Waals surface area (Å²) in [5, 5.41) is 14.6. The fourth-order valence-electron chi connectivity index (χ4n) is 5.08. The number of nitrogens with zero attached hydrogens (tertiary/aromatic N) is 3. The molecule has 2 aliphatic rings. The normalized spacial score (nSPS) is 17.0. The number of carbonyl (C=O) groups is 2. The molecule has 1 aromatic heterocycles. The Morgan fingerprint density at radius 1 is 1.00 bits per heavy atom. The van der Waals surface area contributed by atoms with Crippen molar-refractivity contribution in [2.24, 2.45) is 0 Å². The standard InChI is InChI=1S/C30H29F3N4O6/c1-41-10-11-43-27-15-21-20(13-26(27)42-2)28(35-17-34-21)36-22-14-25(39)23(16-24(22)38)37-8-6-29(40,7-9-37)18-4-3-5-19(12-18)30(31,32)33/h3-5,12-17,40H,6-11H2,1-2H3,(H,34,35,36). The zero-order chi connectivity index (χ0) is 30.8. The third-order valence-electron chi connectivity index (χ3n) is 7.44. The smallest absolute Gasteiger partial charge is 0.416 e. The molecule has 2 N–H and O–H groups in total. The van der Waals surface area contributed by atoms with Gasteiger partial charge >= 0.3 is 6.18 Å². The number of aromatic nitrogens is 2. The van der Waals surface area contributed by atoms with Crippen LogP contribution in [0, 0.1) is 0 Å². The van der Waals surface area contributed by atoms with Crippen molar-refractivity contribution in [2.45, 2.75) is 24.6 Å². The van der Waals surface area contributed by atoms with Gasteiger partial charge in [0.2, 0.25) is 11.6 Å². The number of halogens is 3. The van der Waals surface area contributed by atoms with Crippen LogP contribution in [0.15, 0.2) is 66.3 Å². The van der Waals surface area contributed by atoms with E-state index in [1.54, 1.807) is 24.1 Å². The quantitative estimate of drug-likeness (QED) is 0.276. The zero-order valence-corrected chi connectivity index (χ0v) is 23.4.